The molecule has 0 bridgehead atoms. The molecule has 0 unspecified atom stereocenters. The van der Waals surface area contributed by atoms with Crippen LogP contribution in [-0.2, 0) is 0 Å². The average molecular weight is 171 g/mol. The molecule has 13 heavy (non-hydrogen) atoms. The van der Waals surface area contributed by atoms with Gasteiger partial charge in [0, 0.05) is 5.92 Å². The zero-order valence-corrected chi connectivity index (χ0v) is 6.61. The van der Waals surface area contributed by atoms with Gasteiger partial charge in [-0.15, -0.1) is 0 Å². The van der Waals surface area contributed by atoms with Crippen molar-refractivity contribution < 1.29 is 4.79 Å². The van der Waals surface area contributed by atoms with Gasteiger partial charge in [0.1, 0.15) is 11.4 Å². The minimum atomic E-state index is -0.611. The maximum Gasteiger partial charge on any atom is 0.267 e. The minimum absolute atomic E-state index is 0.143. The topological polar surface area (TPSA) is 79.8 Å². The summed E-state index contributed by atoms with van der Waals surface area (Å²) in [5.41, 5.74) is 5.50. The number of hydrogen-bond acceptors (Lipinski definition) is 3. The van der Waals surface area contributed by atoms with Crippen LogP contribution in [0.3, 0.4) is 0 Å². The van der Waals surface area contributed by atoms with E-state index in [9.17, 15) is 4.79 Å². The van der Waals surface area contributed by atoms with Gasteiger partial charge < -0.3 is 5.73 Å². The summed E-state index contributed by atoms with van der Waals surface area (Å²) < 4.78 is 0. The van der Waals surface area contributed by atoms with Gasteiger partial charge in [-0.25, -0.2) is 4.98 Å². The molecule has 0 spiro atoms. The molecule has 1 heterocycles. The fraction of sp³-hybridized carbons (Fsp3) is 0. The number of pyridine rings is 1. The van der Waals surface area contributed by atoms with E-state index in [1.165, 1.54) is 6.07 Å². The molecule has 1 aromatic rings. The monoisotopic (exact) mass is 171 g/mol. The van der Waals surface area contributed by atoms with Crippen LogP contribution in [0, 0.1) is 23.2 Å². The van der Waals surface area contributed by atoms with Crippen molar-refractivity contribution in [3.8, 4) is 17.9 Å². The van der Waals surface area contributed by atoms with Crippen molar-refractivity contribution in [3.05, 3.63) is 29.6 Å². The lowest BCUT2D eigenvalue weighted by Crippen LogP contribution is -2.13. The number of aromatic nitrogens is 1. The predicted octanol–water partition coefficient (Wildman–Crippen LogP) is 0.0556. The van der Waals surface area contributed by atoms with Gasteiger partial charge in [-0.05, 0) is 18.1 Å². The Kier molecular flexibility index (Phi) is 2.62. The van der Waals surface area contributed by atoms with Gasteiger partial charge in [0.05, 0.1) is 0 Å². The number of amides is 1. The molecule has 62 valence electrons. The molecule has 0 saturated carbocycles. The van der Waals surface area contributed by atoms with Crippen molar-refractivity contribution in [2.45, 2.75) is 0 Å². The van der Waals surface area contributed by atoms with Crippen LogP contribution in [0.1, 0.15) is 16.2 Å². The average Bonchev–Trinajstić information content (AvgIpc) is 2.15. The zero-order valence-electron chi connectivity index (χ0n) is 6.61. The van der Waals surface area contributed by atoms with E-state index >= 15 is 0 Å². The summed E-state index contributed by atoms with van der Waals surface area (Å²) in [5.74, 6) is 4.02. The van der Waals surface area contributed by atoms with E-state index in [1.807, 2.05) is 0 Å². The SMILES string of the molecule is N#CC#Cc1cccc(C(N)=O)n1. The number of nitrogens with two attached hydrogens (primary N) is 1. The summed E-state index contributed by atoms with van der Waals surface area (Å²) >= 11 is 0. The van der Waals surface area contributed by atoms with E-state index in [0.717, 1.165) is 0 Å². The summed E-state index contributed by atoms with van der Waals surface area (Å²) in [6, 6.07) is 6.33. The molecule has 1 aromatic heterocycles. The molecule has 0 radical (unpaired) electrons. The lowest BCUT2D eigenvalue weighted by Gasteiger charge is -1.93. The molecule has 1 amide bonds. The smallest absolute Gasteiger partial charge is 0.267 e. The highest BCUT2D eigenvalue weighted by molar-refractivity contribution is 5.90. The van der Waals surface area contributed by atoms with Crippen molar-refractivity contribution in [1.29, 1.82) is 5.26 Å². The molecule has 4 heteroatoms. The molecule has 0 atom stereocenters. The summed E-state index contributed by atoms with van der Waals surface area (Å²) in [6.07, 6.45) is 0. The zero-order chi connectivity index (χ0) is 9.68. The Morgan fingerprint density at radius 3 is 2.92 bits per heavy atom. The second-order valence-corrected chi connectivity index (χ2v) is 2.13. The van der Waals surface area contributed by atoms with Crippen LogP contribution in [0.2, 0.25) is 0 Å². The second kappa shape index (κ2) is 3.89. The summed E-state index contributed by atoms with van der Waals surface area (Å²) in [5, 5.41) is 8.16. The molecular weight excluding hydrogens is 166 g/mol. The van der Waals surface area contributed by atoms with Gasteiger partial charge in [0.15, 0.2) is 6.07 Å². The Morgan fingerprint density at radius 1 is 1.54 bits per heavy atom. The van der Waals surface area contributed by atoms with Crippen molar-refractivity contribution >= 4 is 5.91 Å². The normalized spacial score (nSPS) is 7.92. The van der Waals surface area contributed by atoms with E-state index in [-0.39, 0.29) is 5.69 Å². The van der Waals surface area contributed by atoms with E-state index in [1.54, 1.807) is 18.2 Å². The van der Waals surface area contributed by atoms with Gasteiger partial charge >= 0.3 is 0 Å². The van der Waals surface area contributed by atoms with Gasteiger partial charge in [-0.3, -0.25) is 4.79 Å². The molecule has 2 N–H and O–H groups in total. The van der Waals surface area contributed by atoms with Crippen LogP contribution < -0.4 is 5.73 Å². The third-order valence-corrected chi connectivity index (χ3v) is 1.25. The standard InChI is InChI=1S/C9H5N3O/c10-6-2-4-7-3-1-5-8(12-7)9(11)13/h1,3,5H,(H2,11,13). The van der Waals surface area contributed by atoms with Gasteiger partial charge in [-0.2, -0.15) is 5.26 Å². The first-order valence-corrected chi connectivity index (χ1v) is 3.41. The molecule has 0 fully saturated rings. The first-order valence-electron chi connectivity index (χ1n) is 3.41. The Morgan fingerprint density at radius 2 is 2.31 bits per heavy atom. The number of hydrogen-bond donors (Lipinski definition) is 1. The third kappa shape index (κ3) is 2.32. The first-order chi connectivity index (χ1) is 6.24. The second-order valence-electron chi connectivity index (χ2n) is 2.13. The molecule has 1 rings (SSSR count). The molecule has 0 saturated heterocycles. The predicted molar refractivity (Wildman–Crippen MR) is 45.2 cm³/mol. The Bertz CT molecular complexity index is 434. The quantitative estimate of drug-likeness (QED) is 0.606. The number of nitriles is 1. The Hall–Kier alpha value is -2.33. The Balaban J connectivity index is 3.07. The molecule has 4 nitrogen and oxygen atoms in total. The van der Waals surface area contributed by atoms with Crippen molar-refractivity contribution in [3.63, 3.8) is 0 Å². The number of carbonyl (C=O) groups excluding carboxylic acids is 1. The maximum atomic E-state index is 10.7. The summed E-state index contributed by atoms with van der Waals surface area (Å²) in [4.78, 5) is 14.5. The molecule has 0 aromatic carbocycles. The number of carbonyl (C=O) groups is 1. The molecule has 0 aliphatic carbocycles. The lowest BCUT2D eigenvalue weighted by molar-refractivity contribution is 0.0995. The highest BCUT2D eigenvalue weighted by Gasteiger charge is 2.00. The van der Waals surface area contributed by atoms with Crippen LogP contribution in [0.15, 0.2) is 18.2 Å². The summed E-state index contributed by atoms with van der Waals surface area (Å²) in [6.45, 7) is 0. The van der Waals surface area contributed by atoms with Gasteiger partial charge in [0.2, 0.25) is 0 Å². The van der Waals surface area contributed by atoms with Crippen LogP contribution in [-0.4, -0.2) is 10.9 Å². The van der Waals surface area contributed by atoms with E-state index in [4.69, 9.17) is 11.0 Å². The van der Waals surface area contributed by atoms with Crippen LogP contribution in [0.5, 0.6) is 0 Å². The fourth-order valence-electron chi connectivity index (χ4n) is 0.734. The lowest BCUT2D eigenvalue weighted by atomic mass is 10.3. The Labute approximate surface area is 75.0 Å². The molecule has 0 aliphatic heterocycles. The van der Waals surface area contributed by atoms with Gasteiger partial charge in [-0.1, -0.05) is 6.07 Å². The highest BCUT2D eigenvalue weighted by atomic mass is 16.1. The molecular formula is C9H5N3O. The third-order valence-electron chi connectivity index (χ3n) is 1.25. The minimum Gasteiger partial charge on any atom is -0.364 e. The largest absolute Gasteiger partial charge is 0.364 e. The van der Waals surface area contributed by atoms with E-state index in [0.29, 0.717) is 5.69 Å². The van der Waals surface area contributed by atoms with Crippen molar-refractivity contribution in [1.82, 2.24) is 4.98 Å². The van der Waals surface area contributed by atoms with Crippen LogP contribution >= 0.6 is 0 Å². The van der Waals surface area contributed by atoms with Crippen molar-refractivity contribution in [2.24, 2.45) is 5.73 Å². The fourth-order valence-corrected chi connectivity index (χ4v) is 0.734. The highest BCUT2D eigenvalue weighted by Crippen LogP contribution is 1.96. The first kappa shape index (κ1) is 8.76. The molecule has 0 aliphatic rings. The van der Waals surface area contributed by atoms with E-state index in [2.05, 4.69) is 16.8 Å². The van der Waals surface area contributed by atoms with Gasteiger partial charge in [0.25, 0.3) is 5.91 Å². The van der Waals surface area contributed by atoms with Crippen LogP contribution in [0.4, 0.5) is 0 Å². The summed E-state index contributed by atoms with van der Waals surface area (Å²) in [7, 11) is 0. The van der Waals surface area contributed by atoms with Crippen molar-refractivity contribution in [2.75, 3.05) is 0 Å². The number of nitrogens with zero attached hydrogens (tertiary/aromatic N) is 2. The number of primary amides is 1. The van der Waals surface area contributed by atoms with Crippen LogP contribution in [0.25, 0.3) is 0 Å². The maximum absolute atomic E-state index is 10.7. The number of rotatable bonds is 1. The van der Waals surface area contributed by atoms with E-state index < -0.39 is 5.91 Å².